The van der Waals surface area contributed by atoms with Crippen molar-refractivity contribution in [1.29, 1.82) is 0 Å². The highest BCUT2D eigenvalue weighted by Crippen LogP contribution is 2.33. The van der Waals surface area contributed by atoms with Crippen molar-refractivity contribution in [2.45, 2.75) is 16.5 Å². The van der Waals surface area contributed by atoms with Gasteiger partial charge < -0.3 is 14.5 Å². The van der Waals surface area contributed by atoms with Crippen LogP contribution in [-0.4, -0.2) is 13.4 Å². The van der Waals surface area contributed by atoms with Gasteiger partial charge in [-0.2, -0.15) is 4.98 Å². The molecule has 0 aliphatic carbocycles. The highest BCUT2D eigenvalue weighted by atomic mass is 127. The van der Waals surface area contributed by atoms with Crippen molar-refractivity contribution in [2.24, 2.45) is 0 Å². The van der Waals surface area contributed by atoms with Crippen molar-refractivity contribution in [2.75, 3.05) is 5.32 Å². The zero-order valence-corrected chi connectivity index (χ0v) is 21.9. The van der Waals surface area contributed by atoms with Crippen LogP contribution in [0.2, 0.25) is 0 Å². The molecule has 5 aromatic rings. The smallest absolute Gasteiger partial charge is 0.234 e. The van der Waals surface area contributed by atoms with Gasteiger partial charge in [-0.15, -0.1) is 0 Å². The number of oxazole rings is 1. The van der Waals surface area contributed by atoms with E-state index in [4.69, 9.17) is 9.15 Å². The first-order valence-corrected chi connectivity index (χ1v) is 13.7. The van der Waals surface area contributed by atoms with Crippen LogP contribution >= 0.6 is 22.6 Å². The number of hydrogen-bond acceptors (Lipinski definition) is 6. The molecule has 0 aliphatic heterocycles. The van der Waals surface area contributed by atoms with Crippen molar-refractivity contribution < 1.29 is 17.6 Å². The van der Waals surface area contributed by atoms with Gasteiger partial charge in [0.15, 0.2) is 0 Å². The summed E-state index contributed by atoms with van der Waals surface area (Å²) in [6.07, 6.45) is 0. The molecule has 5 rings (SSSR count). The van der Waals surface area contributed by atoms with Crippen LogP contribution in [0, 0.1) is 3.57 Å². The maximum absolute atomic E-state index is 13.5. The quantitative estimate of drug-likeness (QED) is 0.188. The first kappa shape index (κ1) is 24.1. The molecule has 0 bridgehead atoms. The molecule has 0 fully saturated rings. The highest BCUT2D eigenvalue weighted by molar-refractivity contribution is 14.1. The molecular weight excluding hydrogens is 587 g/mol. The van der Waals surface area contributed by atoms with E-state index in [1.54, 1.807) is 30.3 Å². The summed E-state index contributed by atoms with van der Waals surface area (Å²) < 4.78 is 39.8. The number of ether oxygens (including phenoxy) is 1. The van der Waals surface area contributed by atoms with Crippen molar-refractivity contribution in [1.82, 2.24) is 4.98 Å². The minimum Gasteiger partial charge on any atom is -0.457 e. The van der Waals surface area contributed by atoms with E-state index in [0.29, 0.717) is 17.9 Å². The number of halogens is 1. The van der Waals surface area contributed by atoms with Crippen LogP contribution in [0.4, 0.5) is 5.88 Å². The summed E-state index contributed by atoms with van der Waals surface area (Å²) in [5, 5.41) is 2.98. The van der Waals surface area contributed by atoms with Crippen molar-refractivity contribution in [3.8, 4) is 23.0 Å². The summed E-state index contributed by atoms with van der Waals surface area (Å²) in [4.78, 5) is 4.56. The van der Waals surface area contributed by atoms with Gasteiger partial charge in [-0.25, -0.2) is 8.42 Å². The summed E-state index contributed by atoms with van der Waals surface area (Å²) in [5.74, 6) is 1.72. The number of nitrogens with one attached hydrogen (secondary N) is 1. The number of rotatable bonds is 8. The molecule has 0 spiro atoms. The molecule has 8 heteroatoms. The Labute approximate surface area is 223 Å². The third kappa shape index (κ3) is 5.44. The normalized spacial score (nSPS) is 11.2. The lowest BCUT2D eigenvalue weighted by molar-refractivity contribution is 0.482. The Hall–Kier alpha value is -3.63. The standard InChI is InChI=1S/C28H21IN2O4S/c29-22-11-8-10-21(18-22)26-31-28(36(32,33)25-15-5-2-6-16-25)27(35-26)30-19-20-9-7-14-24(17-20)34-23-12-3-1-4-13-23/h1-18,30H,19H2. The predicted octanol–water partition coefficient (Wildman–Crippen LogP) is 7.18. The molecule has 0 atom stereocenters. The van der Waals surface area contributed by atoms with Gasteiger partial charge in [0.25, 0.3) is 0 Å². The van der Waals surface area contributed by atoms with E-state index >= 15 is 0 Å². The third-order valence-electron chi connectivity index (χ3n) is 5.31. The fourth-order valence-corrected chi connectivity index (χ4v) is 5.42. The molecular formula is C28H21IN2O4S. The van der Waals surface area contributed by atoms with E-state index in [9.17, 15) is 8.42 Å². The average Bonchev–Trinajstić information content (AvgIpc) is 3.34. The van der Waals surface area contributed by atoms with E-state index in [1.807, 2.05) is 78.9 Å². The molecule has 0 unspecified atom stereocenters. The fourth-order valence-electron chi connectivity index (χ4n) is 3.58. The van der Waals surface area contributed by atoms with Gasteiger partial charge >= 0.3 is 0 Å². The third-order valence-corrected chi connectivity index (χ3v) is 7.66. The second-order valence-corrected chi connectivity index (χ2v) is 11.0. The predicted molar refractivity (Wildman–Crippen MR) is 147 cm³/mol. The minimum atomic E-state index is -3.91. The van der Waals surface area contributed by atoms with Crippen LogP contribution < -0.4 is 10.1 Å². The number of hydrogen-bond donors (Lipinski definition) is 1. The average molecular weight is 608 g/mol. The zero-order valence-electron chi connectivity index (χ0n) is 19.0. The highest BCUT2D eigenvalue weighted by Gasteiger charge is 2.28. The Morgan fingerprint density at radius 2 is 1.50 bits per heavy atom. The van der Waals surface area contributed by atoms with Gasteiger partial charge in [-0.3, -0.25) is 0 Å². The maximum Gasteiger partial charge on any atom is 0.234 e. The molecule has 0 saturated heterocycles. The van der Waals surface area contributed by atoms with Crippen LogP contribution in [0.15, 0.2) is 124 Å². The van der Waals surface area contributed by atoms with Crippen molar-refractivity contribution >= 4 is 38.3 Å². The molecule has 180 valence electrons. The second-order valence-electron chi connectivity index (χ2n) is 7.90. The lowest BCUT2D eigenvalue weighted by atomic mass is 10.2. The monoisotopic (exact) mass is 608 g/mol. The molecule has 0 radical (unpaired) electrons. The van der Waals surface area contributed by atoms with Crippen LogP contribution in [-0.2, 0) is 16.4 Å². The van der Waals surface area contributed by atoms with Crippen LogP contribution in [0.25, 0.3) is 11.5 Å². The van der Waals surface area contributed by atoms with E-state index in [-0.39, 0.29) is 21.7 Å². The SMILES string of the molecule is O=S(=O)(c1ccccc1)c1nc(-c2cccc(I)c2)oc1NCc1cccc(Oc2ccccc2)c1. The fraction of sp³-hybridized carbons (Fsp3) is 0.0357. The van der Waals surface area contributed by atoms with Crippen LogP contribution in [0.5, 0.6) is 11.5 Å². The molecule has 1 aromatic heterocycles. The van der Waals surface area contributed by atoms with E-state index in [0.717, 1.165) is 14.9 Å². The lowest BCUT2D eigenvalue weighted by Crippen LogP contribution is -2.07. The number of anilines is 1. The summed E-state index contributed by atoms with van der Waals surface area (Å²) in [6.45, 7) is 0.310. The largest absolute Gasteiger partial charge is 0.457 e. The van der Waals surface area contributed by atoms with Gasteiger partial charge in [0, 0.05) is 15.7 Å². The number of aromatic nitrogens is 1. The molecule has 1 N–H and O–H groups in total. The van der Waals surface area contributed by atoms with Crippen molar-refractivity contribution in [3.63, 3.8) is 0 Å². The zero-order chi connectivity index (χ0) is 25.0. The van der Waals surface area contributed by atoms with Gasteiger partial charge in [0.05, 0.1) is 4.90 Å². The van der Waals surface area contributed by atoms with Gasteiger partial charge in [0.1, 0.15) is 11.5 Å². The molecule has 0 amide bonds. The summed E-state index contributed by atoms with van der Waals surface area (Å²) in [7, 11) is -3.91. The number of para-hydroxylation sites is 1. The van der Waals surface area contributed by atoms with Crippen molar-refractivity contribution in [3.05, 3.63) is 118 Å². The summed E-state index contributed by atoms with van der Waals surface area (Å²) in [5.41, 5.74) is 1.58. The van der Waals surface area contributed by atoms with E-state index < -0.39 is 9.84 Å². The molecule has 6 nitrogen and oxygen atoms in total. The number of benzene rings is 4. The van der Waals surface area contributed by atoms with Crippen LogP contribution in [0.1, 0.15) is 5.56 Å². The molecule has 1 heterocycles. The number of nitrogens with zero attached hydrogens (tertiary/aromatic N) is 1. The lowest BCUT2D eigenvalue weighted by Gasteiger charge is -2.09. The molecule has 36 heavy (non-hydrogen) atoms. The molecule has 0 saturated carbocycles. The summed E-state index contributed by atoms with van der Waals surface area (Å²) >= 11 is 2.19. The Kier molecular flexibility index (Phi) is 7.06. The summed E-state index contributed by atoms with van der Waals surface area (Å²) in [6, 6.07) is 32.8. The van der Waals surface area contributed by atoms with E-state index in [2.05, 4.69) is 32.9 Å². The van der Waals surface area contributed by atoms with Crippen LogP contribution in [0.3, 0.4) is 0 Å². The Morgan fingerprint density at radius 3 is 2.25 bits per heavy atom. The molecule has 4 aromatic carbocycles. The van der Waals surface area contributed by atoms with Gasteiger partial charge in [-0.05, 0) is 82.8 Å². The Bertz CT molecular complexity index is 1590. The van der Waals surface area contributed by atoms with Gasteiger partial charge in [0.2, 0.25) is 26.6 Å². The van der Waals surface area contributed by atoms with Gasteiger partial charge in [-0.1, -0.05) is 54.6 Å². The first-order chi connectivity index (χ1) is 17.5. The van der Waals surface area contributed by atoms with E-state index in [1.165, 1.54) is 0 Å². The first-order valence-electron chi connectivity index (χ1n) is 11.1. The topological polar surface area (TPSA) is 81.4 Å². The number of sulfone groups is 1. The molecule has 0 aliphatic rings. The Morgan fingerprint density at radius 1 is 0.806 bits per heavy atom. The second kappa shape index (κ2) is 10.5. The maximum atomic E-state index is 13.5. The minimum absolute atomic E-state index is 0.0853. The Balaban J connectivity index is 1.46.